The summed E-state index contributed by atoms with van der Waals surface area (Å²) in [6, 6.07) is -0.262. The fourth-order valence-electron chi connectivity index (χ4n) is 4.41. The number of hydrogen-bond donors (Lipinski definition) is 2. The number of aliphatic hydroxyl groups is 2. The minimum Gasteiger partial charge on any atom is -0.444 e. The first-order valence-electron chi connectivity index (χ1n) is 10.5. The summed E-state index contributed by atoms with van der Waals surface area (Å²) in [4.78, 5) is 14.7. The Morgan fingerprint density at radius 2 is 1.85 bits per heavy atom. The number of nitrogens with zero attached hydrogens (tertiary/aromatic N) is 1. The van der Waals surface area contributed by atoms with Crippen molar-refractivity contribution in [3.05, 3.63) is 0 Å². The molecule has 1 amide bonds. The zero-order valence-corrected chi connectivity index (χ0v) is 17.9. The zero-order chi connectivity index (χ0) is 20.4. The maximum atomic E-state index is 13.0. The Bertz CT molecular complexity index is 495. The molecule has 0 spiro atoms. The molecule has 1 saturated heterocycles. The average molecular weight is 386 g/mol. The summed E-state index contributed by atoms with van der Waals surface area (Å²) in [5.41, 5.74) is -1.47. The lowest BCUT2D eigenvalue weighted by molar-refractivity contribution is -0.115. The van der Waals surface area contributed by atoms with Crippen molar-refractivity contribution in [3.63, 3.8) is 0 Å². The van der Waals surface area contributed by atoms with Crippen molar-refractivity contribution in [2.45, 2.75) is 110 Å². The van der Waals surface area contributed by atoms with Gasteiger partial charge in [0.1, 0.15) is 17.4 Å². The van der Waals surface area contributed by atoms with Gasteiger partial charge in [0, 0.05) is 12.5 Å². The average Bonchev–Trinajstić information content (AvgIpc) is 2.83. The quantitative estimate of drug-likeness (QED) is 0.755. The standard InChI is InChI=1S/C21H39NO5/c1-14(13-23)17(24)18-16(12-15-10-8-7-9-11-15)22(21(5,6)26-18)19(25)27-20(2,3)4/h14-18,23-24H,7-13H2,1-6H3/t14-,16-,17-,18+/m0/s1. The van der Waals surface area contributed by atoms with Crippen LogP contribution >= 0.6 is 0 Å². The largest absolute Gasteiger partial charge is 0.444 e. The van der Waals surface area contributed by atoms with E-state index in [9.17, 15) is 15.0 Å². The van der Waals surface area contributed by atoms with Crippen LogP contribution in [-0.4, -0.2) is 57.4 Å². The van der Waals surface area contributed by atoms with Crippen LogP contribution in [0.3, 0.4) is 0 Å². The van der Waals surface area contributed by atoms with Gasteiger partial charge in [0.25, 0.3) is 0 Å². The number of hydrogen-bond acceptors (Lipinski definition) is 5. The molecule has 1 aliphatic carbocycles. The molecule has 6 heteroatoms. The second kappa shape index (κ2) is 8.66. The summed E-state index contributed by atoms with van der Waals surface area (Å²) in [5, 5.41) is 20.3. The third-order valence-corrected chi connectivity index (χ3v) is 5.81. The van der Waals surface area contributed by atoms with Crippen molar-refractivity contribution >= 4 is 6.09 Å². The predicted octanol–water partition coefficient (Wildman–Crippen LogP) is 3.69. The van der Waals surface area contributed by atoms with Gasteiger partial charge in [0.2, 0.25) is 0 Å². The molecule has 2 N–H and O–H groups in total. The van der Waals surface area contributed by atoms with Gasteiger partial charge in [0.15, 0.2) is 0 Å². The highest BCUT2D eigenvalue weighted by Gasteiger charge is 2.54. The van der Waals surface area contributed by atoms with Crippen LogP contribution in [0.5, 0.6) is 0 Å². The Morgan fingerprint density at radius 3 is 2.37 bits per heavy atom. The fourth-order valence-corrected chi connectivity index (χ4v) is 4.41. The second-order valence-electron chi connectivity index (χ2n) is 9.84. The summed E-state index contributed by atoms with van der Waals surface area (Å²) in [5.74, 6) is 0.198. The van der Waals surface area contributed by atoms with Crippen LogP contribution in [0.25, 0.3) is 0 Å². The molecule has 1 aliphatic heterocycles. The normalized spacial score (nSPS) is 28.8. The lowest BCUT2D eigenvalue weighted by Crippen LogP contribution is -2.52. The maximum Gasteiger partial charge on any atom is 0.412 e. The van der Waals surface area contributed by atoms with Crippen molar-refractivity contribution in [1.82, 2.24) is 4.90 Å². The topological polar surface area (TPSA) is 79.2 Å². The van der Waals surface area contributed by atoms with Gasteiger partial charge in [-0.25, -0.2) is 4.79 Å². The molecule has 1 saturated carbocycles. The van der Waals surface area contributed by atoms with Gasteiger partial charge in [0.05, 0.1) is 12.1 Å². The van der Waals surface area contributed by atoms with Crippen LogP contribution in [0.2, 0.25) is 0 Å². The van der Waals surface area contributed by atoms with Gasteiger partial charge >= 0.3 is 6.09 Å². The van der Waals surface area contributed by atoms with Crippen molar-refractivity contribution in [3.8, 4) is 0 Å². The maximum absolute atomic E-state index is 13.0. The van der Waals surface area contributed by atoms with E-state index in [0.29, 0.717) is 5.92 Å². The van der Waals surface area contributed by atoms with Crippen molar-refractivity contribution in [1.29, 1.82) is 0 Å². The van der Waals surface area contributed by atoms with Crippen molar-refractivity contribution in [2.75, 3.05) is 6.61 Å². The van der Waals surface area contributed by atoms with Gasteiger partial charge in [-0.3, -0.25) is 4.90 Å². The van der Waals surface area contributed by atoms with Gasteiger partial charge in [-0.15, -0.1) is 0 Å². The van der Waals surface area contributed by atoms with Crippen LogP contribution in [0.4, 0.5) is 4.79 Å². The lowest BCUT2D eigenvalue weighted by Gasteiger charge is -2.37. The Balaban J connectivity index is 2.29. The molecule has 0 aromatic carbocycles. The fraction of sp³-hybridized carbons (Fsp3) is 0.952. The molecule has 27 heavy (non-hydrogen) atoms. The molecule has 158 valence electrons. The van der Waals surface area contributed by atoms with E-state index in [1.165, 1.54) is 19.3 Å². The van der Waals surface area contributed by atoms with Gasteiger partial charge < -0.3 is 19.7 Å². The van der Waals surface area contributed by atoms with Crippen LogP contribution in [0.15, 0.2) is 0 Å². The smallest absolute Gasteiger partial charge is 0.412 e. The third kappa shape index (κ3) is 5.58. The molecule has 0 unspecified atom stereocenters. The molecular formula is C21H39NO5. The van der Waals surface area contributed by atoms with Crippen LogP contribution in [-0.2, 0) is 9.47 Å². The Labute approximate surface area is 164 Å². The number of carbonyl (C=O) groups excluding carboxylic acids is 1. The van der Waals surface area contributed by atoms with Gasteiger partial charge in [-0.1, -0.05) is 39.0 Å². The number of ether oxygens (including phenoxy) is 2. The van der Waals surface area contributed by atoms with Crippen LogP contribution < -0.4 is 0 Å². The molecule has 4 atom stereocenters. The molecule has 0 bridgehead atoms. The molecule has 1 heterocycles. The Morgan fingerprint density at radius 1 is 1.26 bits per heavy atom. The van der Waals surface area contributed by atoms with E-state index in [4.69, 9.17) is 9.47 Å². The highest BCUT2D eigenvalue weighted by molar-refractivity contribution is 5.70. The Hall–Kier alpha value is -0.850. The molecule has 2 rings (SSSR count). The lowest BCUT2D eigenvalue weighted by atomic mass is 9.82. The van der Waals surface area contributed by atoms with E-state index in [0.717, 1.165) is 19.3 Å². The number of carbonyl (C=O) groups is 1. The third-order valence-electron chi connectivity index (χ3n) is 5.81. The first-order chi connectivity index (χ1) is 12.5. The highest BCUT2D eigenvalue weighted by atomic mass is 16.6. The molecule has 0 aromatic rings. The molecule has 2 aliphatic rings. The molecule has 6 nitrogen and oxygen atoms in total. The molecule has 0 radical (unpaired) electrons. The van der Waals surface area contributed by atoms with E-state index >= 15 is 0 Å². The summed E-state index contributed by atoms with van der Waals surface area (Å²) in [7, 11) is 0. The highest BCUT2D eigenvalue weighted by Crippen LogP contribution is 2.41. The number of amides is 1. The second-order valence-corrected chi connectivity index (χ2v) is 9.84. The van der Waals surface area contributed by atoms with E-state index in [2.05, 4.69) is 0 Å². The molecular weight excluding hydrogens is 346 g/mol. The van der Waals surface area contributed by atoms with Crippen LogP contribution in [0, 0.1) is 11.8 Å². The van der Waals surface area contributed by atoms with E-state index in [1.54, 1.807) is 11.8 Å². The minimum absolute atomic E-state index is 0.121. The SMILES string of the molecule is C[C@@H](CO)[C@H](O)[C@@H]1OC(C)(C)N(C(=O)OC(C)(C)C)[C@H]1CC1CCCCC1. The number of aliphatic hydroxyl groups excluding tert-OH is 2. The van der Waals surface area contributed by atoms with E-state index in [-0.39, 0.29) is 18.6 Å². The molecule has 2 fully saturated rings. The Kier molecular flexibility index (Phi) is 7.20. The van der Waals surface area contributed by atoms with Gasteiger partial charge in [-0.05, 0) is 47.0 Å². The first kappa shape index (κ1) is 22.4. The van der Waals surface area contributed by atoms with Gasteiger partial charge in [-0.2, -0.15) is 0 Å². The van der Waals surface area contributed by atoms with Crippen molar-refractivity contribution in [2.24, 2.45) is 11.8 Å². The van der Waals surface area contributed by atoms with Crippen LogP contribution in [0.1, 0.15) is 80.1 Å². The predicted molar refractivity (Wildman–Crippen MR) is 104 cm³/mol. The first-order valence-corrected chi connectivity index (χ1v) is 10.5. The summed E-state index contributed by atoms with van der Waals surface area (Å²) in [6.45, 7) is 10.9. The minimum atomic E-state index is -0.873. The summed E-state index contributed by atoms with van der Waals surface area (Å²) < 4.78 is 11.9. The zero-order valence-electron chi connectivity index (χ0n) is 17.9. The summed E-state index contributed by atoms with van der Waals surface area (Å²) >= 11 is 0. The number of rotatable bonds is 5. The van der Waals surface area contributed by atoms with E-state index < -0.39 is 29.6 Å². The monoisotopic (exact) mass is 385 g/mol. The summed E-state index contributed by atoms with van der Waals surface area (Å²) in [6.07, 6.45) is 5.03. The van der Waals surface area contributed by atoms with E-state index in [1.807, 2.05) is 34.6 Å². The molecule has 0 aromatic heterocycles. The van der Waals surface area contributed by atoms with Crippen molar-refractivity contribution < 1.29 is 24.5 Å².